The van der Waals surface area contributed by atoms with Gasteiger partial charge in [-0.1, -0.05) is 0 Å². The summed E-state index contributed by atoms with van der Waals surface area (Å²) >= 11 is 0. The van der Waals surface area contributed by atoms with Crippen molar-refractivity contribution in [2.75, 3.05) is 0 Å². The highest BCUT2D eigenvalue weighted by Crippen LogP contribution is 2.39. The lowest BCUT2D eigenvalue weighted by Gasteiger charge is -2.27. The molecule has 1 rings (SSSR count). The van der Waals surface area contributed by atoms with Crippen LogP contribution in [0.15, 0.2) is 4.99 Å². The van der Waals surface area contributed by atoms with Crippen molar-refractivity contribution in [2.24, 2.45) is 16.8 Å². The fraction of sp³-hybridized carbons (Fsp3) is 0.778. The van der Waals surface area contributed by atoms with E-state index in [9.17, 15) is 22.8 Å². The third-order valence-electron chi connectivity index (χ3n) is 2.70. The first kappa shape index (κ1) is 11.9. The number of aliphatic imine (C=N–C) groups is 1. The summed E-state index contributed by atoms with van der Waals surface area (Å²) in [7, 11) is 0. The molecule has 0 aromatic heterocycles. The van der Waals surface area contributed by atoms with Gasteiger partial charge >= 0.3 is 6.18 Å². The van der Waals surface area contributed by atoms with Gasteiger partial charge in [-0.05, 0) is 25.7 Å². The molecule has 0 aliphatic heterocycles. The topological polar surface area (TPSA) is 46.5 Å². The van der Waals surface area contributed by atoms with E-state index in [2.05, 4.69) is 4.99 Å². The molecule has 1 fully saturated rings. The summed E-state index contributed by atoms with van der Waals surface area (Å²) in [6.45, 7) is 0. The van der Waals surface area contributed by atoms with Gasteiger partial charge in [0.1, 0.15) is 0 Å². The van der Waals surface area contributed by atoms with Gasteiger partial charge in [0.05, 0.1) is 5.92 Å². The number of nitrogens with zero attached hydrogens (tertiary/aromatic N) is 1. The molecular formula is C9H10F3NO2. The minimum atomic E-state index is -4.18. The number of carbonyl (C=O) groups is 1. The fourth-order valence-electron chi connectivity index (χ4n) is 1.80. The van der Waals surface area contributed by atoms with Gasteiger partial charge in [-0.15, -0.1) is 4.99 Å². The first-order valence-electron chi connectivity index (χ1n) is 4.63. The van der Waals surface area contributed by atoms with Crippen LogP contribution in [0.3, 0.4) is 0 Å². The van der Waals surface area contributed by atoms with Gasteiger partial charge < -0.3 is 0 Å². The number of amides is 1. The Morgan fingerprint density at radius 3 is 2.13 bits per heavy atom. The van der Waals surface area contributed by atoms with E-state index in [0.29, 0.717) is 0 Å². The second-order valence-electron chi connectivity index (χ2n) is 3.63. The van der Waals surface area contributed by atoms with Crippen LogP contribution in [0.5, 0.6) is 0 Å². The third kappa shape index (κ3) is 3.16. The second-order valence-corrected chi connectivity index (χ2v) is 3.63. The molecule has 0 unspecified atom stereocenters. The molecule has 6 heteroatoms. The van der Waals surface area contributed by atoms with E-state index in [1.54, 1.807) is 0 Å². The number of hydrogen-bond acceptors (Lipinski definition) is 2. The minimum Gasteiger partial charge on any atom is -0.271 e. The lowest BCUT2D eigenvalue weighted by molar-refractivity contribution is -0.184. The van der Waals surface area contributed by atoms with Gasteiger partial charge in [0.2, 0.25) is 6.08 Å². The predicted molar refractivity (Wildman–Crippen MR) is 44.6 cm³/mol. The molecule has 0 N–H and O–H groups in total. The molecule has 0 aromatic carbocycles. The van der Waals surface area contributed by atoms with Crippen molar-refractivity contribution in [1.82, 2.24) is 0 Å². The minimum absolute atomic E-state index is 0.0612. The van der Waals surface area contributed by atoms with Gasteiger partial charge in [-0.25, -0.2) is 4.79 Å². The van der Waals surface area contributed by atoms with Crippen LogP contribution in [0.1, 0.15) is 25.7 Å². The molecule has 0 radical (unpaired) electrons. The van der Waals surface area contributed by atoms with Crippen LogP contribution < -0.4 is 0 Å². The molecule has 0 atom stereocenters. The highest BCUT2D eigenvalue weighted by atomic mass is 19.4. The van der Waals surface area contributed by atoms with Gasteiger partial charge in [0.15, 0.2) is 0 Å². The lowest BCUT2D eigenvalue weighted by atomic mass is 9.81. The molecule has 15 heavy (non-hydrogen) atoms. The molecule has 0 bridgehead atoms. The average molecular weight is 221 g/mol. The Balaban J connectivity index is 2.49. The van der Waals surface area contributed by atoms with E-state index >= 15 is 0 Å². The summed E-state index contributed by atoms with van der Waals surface area (Å²) < 4.78 is 36.7. The smallest absolute Gasteiger partial charge is 0.271 e. The van der Waals surface area contributed by atoms with E-state index in [1.807, 2.05) is 0 Å². The van der Waals surface area contributed by atoms with Crippen molar-refractivity contribution < 1.29 is 22.8 Å². The summed E-state index contributed by atoms with van der Waals surface area (Å²) in [5, 5.41) is 0. The van der Waals surface area contributed by atoms with Gasteiger partial charge in [-0.3, -0.25) is 4.79 Å². The number of hydrogen-bond donors (Lipinski definition) is 0. The third-order valence-corrected chi connectivity index (χ3v) is 2.70. The zero-order valence-electron chi connectivity index (χ0n) is 7.88. The highest BCUT2D eigenvalue weighted by molar-refractivity contribution is 5.83. The van der Waals surface area contributed by atoms with Crippen LogP contribution in [0, 0.1) is 11.8 Å². The Bertz CT molecular complexity index is 286. The molecule has 3 nitrogen and oxygen atoms in total. The second kappa shape index (κ2) is 4.57. The summed E-state index contributed by atoms with van der Waals surface area (Å²) in [6.07, 6.45) is -2.90. The van der Waals surface area contributed by atoms with E-state index < -0.39 is 23.9 Å². The highest BCUT2D eigenvalue weighted by Gasteiger charge is 2.42. The largest absolute Gasteiger partial charge is 0.391 e. The molecule has 1 aliphatic rings. The van der Waals surface area contributed by atoms with E-state index in [0.717, 1.165) is 6.08 Å². The van der Waals surface area contributed by atoms with Crippen LogP contribution in [0.2, 0.25) is 0 Å². The Hall–Kier alpha value is -1.16. The first-order chi connectivity index (χ1) is 6.95. The fourth-order valence-corrected chi connectivity index (χ4v) is 1.80. The van der Waals surface area contributed by atoms with E-state index in [1.165, 1.54) is 0 Å². The van der Waals surface area contributed by atoms with Crippen LogP contribution in [-0.2, 0) is 9.59 Å². The molecule has 0 heterocycles. The summed E-state index contributed by atoms with van der Waals surface area (Å²) in [4.78, 5) is 23.7. The maximum Gasteiger partial charge on any atom is 0.391 e. The Morgan fingerprint density at radius 2 is 1.73 bits per heavy atom. The van der Waals surface area contributed by atoms with Crippen LogP contribution in [0.4, 0.5) is 13.2 Å². The molecule has 0 spiro atoms. The van der Waals surface area contributed by atoms with Crippen molar-refractivity contribution in [1.29, 1.82) is 0 Å². The van der Waals surface area contributed by atoms with Crippen LogP contribution in [-0.4, -0.2) is 18.2 Å². The number of alkyl halides is 3. The first-order valence-corrected chi connectivity index (χ1v) is 4.63. The molecule has 1 saturated carbocycles. The number of rotatable bonds is 1. The summed E-state index contributed by atoms with van der Waals surface area (Å²) in [5.41, 5.74) is 0. The Labute approximate surface area is 84.4 Å². The normalized spacial score (nSPS) is 26.9. The molecule has 1 amide bonds. The Morgan fingerprint density at radius 1 is 1.20 bits per heavy atom. The molecule has 1 aliphatic carbocycles. The monoisotopic (exact) mass is 221 g/mol. The van der Waals surface area contributed by atoms with Gasteiger partial charge in [0.25, 0.3) is 5.91 Å². The molecule has 0 aromatic rings. The van der Waals surface area contributed by atoms with E-state index in [-0.39, 0.29) is 25.7 Å². The van der Waals surface area contributed by atoms with Crippen LogP contribution >= 0.6 is 0 Å². The predicted octanol–water partition coefficient (Wildman–Crippen LogP) is 2.22. The molecule has 84 valence electrons. The van der Waals surface area contributed by atoms with Crippen molar-refractivity contribution in [2.45, 2.75) is 31.9 Å². The zero-order chi connectivity index (χ0) is 11.5. The number of isocyanates is 1. The average Bonchev–Trinajstić information content (AvgIpc) is 2.17. The summed E-state index contributed by atoms with van der Waals surface area (Å²) in [5.74, 6) is -2.50. The summed E-state index contributed by atoms with van der Waals surface area (Å²) in [6, 6.07) is 0. The maximum absolute atomic E-state index is 12.2. The standard InChI is InChI=1S/C9H10F3NO2/c10-9(11,12)7-3-1-6(2-4-7)8(15)13-5-14/h6-7H,1-4H2. The van der Waals surface area contributed by atoms with Crippen molar-refractivity contribution in [3.63, 3.8) is 0 Å². The maximum atomic E-state index is 12.2. The molecular weight excluding hydrogens is 211 g/mol. The number of carbonyl (C=O) groups excluding carboxylic acids is 2. The van der Waals surface area contributed by atoms with Crippen molar-refractivity contribution in [3.8, 4) is 0 Å². The van der Waals surface area contributed by atoms with Crippen molar-refractivity contribution >= 4 is 12.0 Å². The zero-order valence-corrected chi connectivity index (χ0v) is 7.88. The van der Waals surface area contributed by atoms with Gasteiger partial charge in [0, 0.05) is 5.92 Å². The van der Waals surface area contributed by atoms with E-state index in [4.69, 9.17) is 0 Å². The quantitative estimate of drug-likeness (QED) is 0.503. The van der Waals surface area contributed by atoms with Gasteiger partial charge in [-0.2, -0.15) is 13.2 Å². The number of halogens is 3. The van der Waals surface area contributed by atoms with Crippen molar-refractivity contribution in [3.05, 3.63) is 0 Å². The Kier molecular flexibility index (Phi) is 3.63. The molecule has 0 saturated heterocycles. The van der Waals surface area contributed by atoms with Crippen LogP contribution in [0.25, 0.3) is 0 Å². The SMILES string of the molecule is O=C=NC(=O)C1CCC(C(F)(F)F)CC1. The lowest BCUT2D eigenvalue weighted by Crippen LogP contribution is -2.29.